The Bertz CT molecular complexity index is 2120. The molecule has 4 heteroatoms. The lowest BCUT2D eigenvalue weighted by Crippen LogP contribution is -2.00. The summed E-state index contributed by atoms with van der Waals surface area (Å²) in [7, 11) is 0. The van der Waals surface area contributed by atoms with E-state index >= 15 is 0 Å². The topological polar surface area (TPSA) is 35.6 Å². The fourth-order valence-electron chi connectivity index (χ4n) is 5.76. The molecule has 0 atom stereocenters. The molecule has 8 rings (SSSR count). The first-order chi connectivity index (χ1) is 18.9. The van der Waals surface area contributed by atoms with Crippen LogP contribution < -0.4 is 0 Å². The smallest absolute Gasteiger partial charge is 0.161 e. The summed E-state index contributed by atoms with van der Waals surface area (Å²) < 4.78 is 4.52. The van der Waals surface area contributed by atoms with Crippen LogP contribution >= 0.6 is 0 Å². The lowest BCUT2D eigenvalue weighted by Gasteiger charge is -2.10. The van der Waals surface area contributed by atoms with E-state index in [9.17, 15) is 0 Å². The molecular formula is C34H22N4. The van der Waals surface area contributed by atoms with Crippen molar-refractivity contribution >= 4 is 43.5 Å². The number of fused-ring (bicyclic) bond motifs is 7. The number of rotatable bonds is 3. The number of para-hydroxylation sites is 2. The molecule has 0 aliphatic heterocycles. The van der Waals surface area contributed by atoms with E-state index in [0.29, 0.717) is 0 Å². The molecule has 0 radical (unpaired) electrons. The van der Waals surface area contributed by atoms with Gasteiger partial charge in [0.25, 0.3) is 0 Å². The first kappa shape index (κ1) is 20.9. The predicted molar refractivity (Wildman–Crippen MR) is 156 cm³/mol. The van der Waals surface area contributed by atoms with Crippen molar-refractivity contribution in [1.82, 2.24) is 19.1 Å². The van der Waals surface area contributed by atoms with Gasteiger partial charge in [-0.15, -0.1) is 0 Å². The van der Waals surface area contributed by atoms with Gasteiger partial charge >= 0.3 is 0 Å². The first-order valence-electron chi connectivity index (χ1n) is 12.8. The van der Waals surface area contributed by atoms with E-state index in [-0.39, 0.29) is 0 Å². The van der Waals surface area contributed by atoms with E-state index in [1.165, 1.54) is 32.4 Å². The molecule has 0 spiro atoms. The molecule has 0 unspecified atom stereocenters. The quantitative estimate of drug-likeness (QED) is 0.252. The van der Waals surface area contributed by atoms with Gasteiger partial charge < -0.3 is 4.57 Å². The van der Waals surface area contributed by atoms with Gasteiger partial charge in [0.2, 0.25) is 0 Å². The number of nitrogens with zero attached hydrogens (tertiary/aromatic N) is 4. The molecule has 8 aromatic rings. The Kier molecular flexibility index (Phi) is 4.49. The van der Waals surface area contributed by atoms with E-state index < -0.39 is 0 Å². The summed E-state index contributed by atoms with van der Waals surface area (Å²) in [6.45, 7) is 0. The van der Waals surface area contributed by atoms with Crippen LogP contribution in [0.4, 0.5) is 0 Å². The van der Waals surface area contributed by atoms with Crippen LogP contribution in [0.15, 0.2) is 134 Å². The molecule has 0 aliphatic rings. The minimum atomic E-state index is 0.721. The summed E-state index contributed by atoms with van der Waals surface area (Å²) in [5.41, 5.74) is 5.64. The van der Waals surface area contributed by atoms with Gasteiger partial charge in [-0.1, -0.05) is 78.9 Å². The fraction of sp³-hybridized carbons (Fsp3) is 0. The zero-order valence-electron chi connectivity index (χ0n) is 20.5. The van der Waals surface area contributed by atoms with Crippen LogP contribution in [0.5, 0.6) is 0 Å². The summed E-state index contributed by atoms with van der Waals surface area (Å²) in [6.07, 6.45) is 4.01. The minimum absolute atomic E-state index is 0.721. The Morgan fingerprint density at radius 3 is 2.11 bits per heavy atom. The Morgan fingerprint density at radius 2 is 1.24 bits per heavy atom. The largest absolute Gasteiger partial charge is 0.317 e. The van der Waals surface area contributed by atoms with Crippen molar-refractivity contribution in [1.29, 1.82) is 0 Å². The van der Waals surface area contributed by atoms with Gasteiger partial charge in [0, 0.05) is 39.8 Å². The van der Waals surface area contributed by atoms with Gasteiger partial charge in [-0.05, 0) is 53.2 Å². The molecule has 38 heavy (non-hydrogen) atoms. The van der Waals surface area contributed by atoms with Crippen molar-refractivity contribution in [2.24, 2.45) is 0 Å². The van der Waals surface area contributed by atoms with Crippen LogP contribution in [-0.4, -0.2) is 19.1 Å². The molecule has 0 amide bonds. The Labute approximate surface area is 219 Å². The van der Waals surface area contributed by atoms with Crippen molar-refractivity contribution < 1.29 is 0 Å². The average Bonchev–Trinajstić information content (AvgIpc) is 3.58. The lowest BCUT2D eigenvalue weighted by atomic mass is 10.0. The highest BCUT2D eigenvalue weighted by Gasteiger charge is 2.17. The maximum atomic E-state index is 5.00. The van der Waals surface area contributed by atoms with Crippen LogP contribution in [0, 0.1) is 0 Å². The van der Waals surface area contributed by atoms with Crippen LogP contribution in [0.3, 0.4) is 0 Å². The summed E-state index contributed by atoms with van der Waals surface area (Å²) >= 11 is 0. The molecule has 0 aliphatic carbocycles. The van der Waals surface area contributed by atoms with Gasteiger partial charge in [0.15, 0.2) is 5.82 Å². The van der Waals surface area contributed by atoms with Crippen LogP contribution in [0.2, 0.25) is 0 Å². The van der Waals surface area contributed by atoms with E-state index in [0.717, 1.165) is 33.9 Å². The summed E-state index contributed by atoms with van der Waals surface area (Å²) in [4.78, 5) is 9.57. The molecule has 5 aromatic carbocycles. The Morgan fingerprint density at radius 1 is 0.500 bits per heavy atom. The minimum Gasteiger partial charge on any atom is -0.317 e. The molecule has 0 bridgehead atoms. The molecule has 178 valence electrons. The number of hydrogen-bond acceptors (Lipinski definition) is 2. The standard InChI is InChI=1S/C34H22N4/c1-3-9-23(10-4-1)34-35-21-19-32(36-34)38-30-14-8-7-13-28(30)33-27-16-17-29-26(25(27)15-18-31(33)38)20-22-37(29)24-11-5-2-6-12-24/h1-22H. The monoisotopic (exact) mass is 486 g/mol. The van der Waals surface area contributed by atoms with Crippen molar-refractivity contribution in [2.45, 2.75) is 0 Å². The highest BCUT2D eigenvalue weighted by molar-refractivity contribution is 6.25. The van der Waals surface area contributed by atoms with Gasteiger partial charge in [-0.25, -0.2) is 9.97 Å². The predicted octanol–water partition coefficient (Wildman–Crippen LogP) is 8.34. The molecule has 4 nitrogen and oxygen atoms in total. The van der Waals surface area contributed by atoms with Crippen molar-refractivity contribution in [3.8, 4) is 22.9 Å². The van der Waals surface area contributed by atoms with E-state index in [1.54, 1.807) is 0 Å². The highest BCUT2D eigenvalue weighted by Crippen LogP contribution is 2.39. The summed E-state index contributed by atoms with van der Waals surface area (Å²) in [6, 6.07) is 42.5. The maximum Gasteiger partial charge on any atom is 0.161 e. The average molecular weight is 487 g/mol. The summed E-state index contributed by atoms with van der Waals surface area (Å²) in [5.74, 6) is 1.58. The maximum absolute atomic E-state index is 5.00. The third-order valence-corrected chi connectivity index (χ3v) is 7.44. The number of benzene rings is 5. The normalized spacial score (nSPS) is 11.7. The third-order valence-electron chi connectivity index (χ3n) is 7.44. The van der Waals surface area contributed by atoms with Gasteiger partial charge in [0.1, 0.15) is 5.82 Å². The second-order valence-electron chi connectivity index (χ2n) is 9.53. The number of aromatic nitrogens is 4. The van der Waals surface area contributed by atoms with Crippen LogP contribution in [0.25, 0.3) is 66.4 Å². The van der Waals surface area contributed by atoms with Gasteiger partial charge in [-0.3, -0.25) is 4.57 Å². The lowest BCUT2D eigenvalue weighted by molar-refractivity contribution is 1.04. The van der Waals surface area contributed by atoms with Crippen LogP contribution in [-0.2, 0) is 0 Å². The first-order valence-corrected chi connectivity index (χ1v) is 12.8. The third kappa shape index (κ3) is 3.04. The Balaban J connectivity index is 1.41. The summed E-state index contributed by atoms with van der Waals surface area (Å²) in [5, 5.41) is 6.20. The van der Waals surface area contributed by atoms with Crippen molar-refractivity contribution in [3.63, 3.8) is 0 Å². The van der Waals surface area contributed by atoms with E-state index in [2.05, 4.69) is 105 Å². The van der Waals surface area contributed by atoms with E-state index in [1.807, 2.05) is 42.6 Å². The van der Waals surface area contributed by atoms with Crippen molar-refractivity contribution in [3.05, 3.63) is 134 Å². The zero-order chi connectivity index (χ0) is 25.1. The number of hydrogen-bond donors (Lipinski definition) is 0. The van der Waals surface area contributed by atoms with Crippen molar-refractivity contribution in [2.75, 3.05) is 0 Å². The molecule has 0 saturated carbocycles. The zero-order valence-corrected chi connectivity index (χ0v) is 20.5. The molecule has 3 aromatic heterocycles. The fourth-order valence-corrected chi connectivity index (χ4v) is 5.76. The SMILES string of the molecule is c1ccc(-c2nccc(-n3c4ccccc4c4c5ccc6c(ccn6-c6ccccc6)c5ccc43)n2)cc1. The molecule has 0 saturated heterocycles. The highest BCUT2D eigenvalue weighted by atomic mass is 15.1. The van der Waals surface area contributed by atoms with Crippen LogP contribution in [0.1, 0.15) is 0 Å². The molecule has 0 fully saturated rings. The second-order valence-corrected chi connectivity index (χ2v) is 9.53. The van der Waals surface area contributed by atoms with Gasteiger partial charge in [-0.2, -0.15) is 0 Å². The second kappa shape index (κ2) is 8.15. The van der Waals surface area contributed by atoms with E-state index in [4.69, 9.17) is 4.98 Å². The molecule has 3 heterocycles. The van der Waals surface area contributed by atoms with Gasteiger partial charge in [0.05, 0.1) is 16.6 Å². The Hall–Kier alpha value is -5.22. The molecular weight excluding hydrogens is 464 g/mol. The molecule has 0 N–H and O–H groups in total.